The zero-order valence-corrected chi connectivity index (χ0v) is 17.5. The van der Waals surface area contributed by atoms with Gasteiger partial charge in [0.2, 0.25) is 0 Å². The number of aromatic nitrogens is 2. The number of nitrogens with zero attached hydrogens (tertiary/aromatic N) is 2. The Kier molecular flexibility index (Phi) is 4.88. The lowest BCUT2D eigenvalue weighted by Crippen LogP contribution is -2.16. The second kappa shape index (κ2) is 7.37. The van der Waals surface area contributed by atoms with Crippen LogP contribution in [-0.2, 0) is 16.6 Å². The first kappa shape index (κ1) is 19.2. The predicted octanol–water partition coefficient (Wildman–Crippen LogP) is 4.81. The summed E-state index contributed by atoms with van der Waals surface area (Å²) in [6, 6.07) is 19.4. The fraction of sp³-hybridized carbons (Fsp3) is 0.174. The van der Waals surface area contributed by atoms with Crippen LogP contribution in [0.3, 0.4) is 0 Å². The van der Waals surface area contributed by atoms with Crippen LogP contribution in [0.2, 0.25) is 0 Å². The maximum atomic E-state index is 13.0. The van der Waals surface area contributed by atoms with Gasteiger partial charge in [0.1, 0.15) is 0 Å². The van der Waals surface area contributed by atoms with Gasteiger partial charge in [-0.15, -0.1) is 0 Å². The Morgan fingerprint density at radius 1 is 0.931 bits per heavy atom. The minimum Gasteiger partial charge on any atom is -0.326 e. The van der Waals surface area contributed by atoms with Crippen LogP contribution in [0.15, 0.2) is 71.9 Å². The largest absolute Gasteiger partial charge is 0.326 e. The van der Waals surface area contributed by atoms with Crippen LogP contribution in [0.1, 0.15) is 22.3 Å². The van der Waals surface area contributed by atoms with Gasteiger partial charge in [-0.3, -0.25) is 4.72 Å². The van der Waals surface area contributed by atoms with Crippen LogP contribution >= 0.6 is 0 Å². The van der Waals surface area contributed by atoms with E-state index < -0.39 is 10.0 Å². The zero-order chi connectivity index (χ0) is 20.6. The fourth-order valence-corrected chi connectivity index (χ4v) is 5.34. The molecule has 0 aliphatic heterocycles. The van der Waals surface area contributed by atoms with E-state index in [1.165, 1.54) is 5.56 Å². The summed E-state index contributed by atoms with van der Waals surface area (Å²) in [7, 11) is -3.69. The molecule has 0 radical (unpaired) electrons. The number of anilines is 1. The van der Waals surface area contributed by atoms with Crippen LogP contribution < -0.4 is 4.72 Å². The molecule has 0 aliphatic carbocycles. The number of rotatable bonds is 5. The van der Waals surface area contributed by atoms with E-state index in [4.69, 9.17) is 0 Å². The third kappa shape index (κ3) is 3.89. The number of hydrogen-bond donors (Lipinski definition) is 1. The molecule has 4 rings (SSSR count). The van der Waals surface area contributed by atoms with Crippen molar-refractivity contribution in [3.05, 3.63) is 89.2 Å². The Hall–Kier alpha value is -3.12. The van der Waals surface area contributed by atoms with Crippen LogP contribution in [0.25, 0.3) is 11.0 Å². The molecule has 1 N–H and O–H groups in total. The first-order valence-corrected chi connectivity index (χ1v) is 10.9. The molecule has 0 amide bonds. The molecule has 1 aromatic heterocycles. The minimum absolute atomic E-state index is 0.331. The molecule has 0 unspecified atom stereocenters. The van der Waals surface area contributed by atoms with E-state index in [9.17, 15) is 8.42 Å². The molecule has 29 heavy (non-hydrogen) atoms. The summed E-state index contributed by atoms with van der Waals surface area (Å²) in [6.45, 7) is 6.32. The van der Waals surface area contributed by atoms with Gasteiger partial charge < -0.3 is 4.57 Å². The van der Waals surface area contributed by atoms with Gasteiger partial charge in [-0.05, 0) is 55.7 Å². The summed E-state index contributed by atoms with van der Waals surface area (Å²) in [5.41, 5.74) is 5.91. The van der Waals surface area contributed by atoms with Crippen LogP contribution in [0.5, 0.6) is 0 Å². The molecule has 6 heteroatoms. The number of nitrogens with one attached hydrogen (secondary N) is 1. The number of benzene rings is 3. The Bertz CT molecular complexity index is 1270. The highest BCUT2D eigenvalue weighted by Gasteiger charge is 2.20. The fourth-order valence-electron chi connectivity index (χ4n) is 3.83. The molecule has 0 saturated carbocycles. The van der Waals surface area contributed by atoms with Gasteiger partial charge in [-0.2, -0.15) is 0 Å². The van der Waals surface area contributed by atoms with E-state index in [2.05, 4.69) is 26.4 Å². The molecule has 148 valence electrons. The monoisotopic (exact) mass is 405 g/mol. The Morgan fingerprint density at radius 2 is 1.62 bits per heavy atom. The SMILES string of the molecule is Cc1cc(C)c(S(=O)(=O)Nc2ccc3c(c2)ncn3Cc2ccccc2)c(C)c1. The number of hydrogen-bond acceptors (Lipinski definition) is 3. The zero-order valence-electron chi connectivity index (χ0n) is 16.7. The molecule has 0 aliphatic rings. The summed E-state index contributed by atoms with van der Waals surface area (Å²) < 4.78 is 30.8. The third-order valence-corrected chi connectivity index (χ3v) is 6.63. The van der Waals surface area contributed by atoms with Crippen molar-refractivity contribution in [3.8, 4) is 0 Å². The lowest BCUT2D eigenvalue weighted by atomic mass is 10.1. The topological polar surface area (TPSA) is 64.0 Å². The first-order valence-electron chi connectivity index (χ1n) is 9.43. The Labute approximate surface area is 171 Å². The van der Waals surface area contributed by atoms with Gasteiger partial charge in [-0.1, -0.05) is 48.0 Å². The van der Waals surface area contributed by atoms with Crippen molar-refractivity contribution in [3.63, 3.8) is 0 Å². The van der Waals surface area contributed by atoms with Crippen LogP contribution in [-0.4, -0.2) is 18.0 Å². The average Bonchev–Trinajstić information content (AvgIpc) is 3.03. The number of sulfonamides is 1. The van der Waals surface area contributed by atoms with E-state index in [1.807, 2.05) is 57.2 Å². The van der Waals surface area contributed by atoms with Crippen molar-refractivity contribution in [2.24, 2.45) is 0 Å². The molecule has 5 nitrogen and oxygen atoms in total. The Balaban J connectivity index is 1.64. The first-order chi connectivity index (χ1) is 13.8. The number of aryl methyl sites for hydroxylation is 3. The van der Waals surface area contributed by atoms with Crippen molar-refractivity contribution < 1.29 is 8.42 Å². The van der Waals surface area contributed by atoms with Gasteiger partial charge in [0.25, 0.3) is 10.0 Å². The molecule has 1 heterocycles. The molecule has 0 fully saturated rings. The maximum Gasteiger partial charge on any atom is 0.262 e. The van der Waals surface area contributed by atoms with Crippen LogP contribution in [0.4, 0.5) is 5.69 Å². The van der Waals surface area contributed by atoms with Gasteiger partial charge in [0, 0.05) is 6.54 Å². The molecule has 0 bridgehead atoms. The smallest absolute Gasteiger partial charge is 0.262 e. The van der Waals surface area contributed by atoms with E-state index in [0.717, 1.165) is 27.7 Å². The van der Waals surface area contributed by atoms with Crippen molar-refractivity contribution in [1.82, 2.24) is 9.55 Å². The van der Waals surface area contributed by atoms with E-state index in [-0.39, 0.29) is 0 Å². The highest BCUT2D eigenvalue weighted by Crippen LogP contribution is 2.26. The lowest BCUT2D eigenvalue weighted by molar-refractivity contribution is 0.600. The van der Waals surface area contributed by atoms with Gasteiger partial charge in [-0.25, -0.2) is 13.4 Å². The number of fused-ring (bicyclic) bond motifs is 1. The second-order valence-corrected chi connectivity index (χ2v) is 9.01. The van der Waals surface area contributed by atoms with Crippen molar-refractivity contribution >= 4 is 26.7 Å². The standard InChI is InChI=1S/C23H23N3O2S/c1-16-11-17(2)23(18(3)12-16)29(27,28)25-20-9-10-22-21(13-20)24-15-26(22)14-19-7-5-4-6-8-19/h4-13,15,25H,14H2,1-3H3. The lowest BCUT2D eigenvalue weighted by Gasteiger charge is -2.14. The van der Waals surface area contributed by atoms with Gasteiger partial charge in [0.05, 0.1) is 27.9 Å². The molecule has 4 aromatic rings. The van der Waals surface area contributed by atoms with E-state index in [1.54, 1.807) is 18.5 Å². The molecular weight excluding hydrogens is 382 g/mol. The maximum absolute atomic E-state index is 13.0. The van der Waals surface area contributed by atoms with Gasteiger partial charge >= 0.3 is 0 Å². The molecule has 0 atom stereocenters. The molecular formula is C23H23N3O2S. The summed E-state index contributed by atoms with van der Waals surface area (Å²) in [5.74, 6) is 0. The number of imidazole rings is 1. The second-order valence-electron chi connectivity index (χ2n) is 7.39. The van der Waals surface area contributed by atoms with Gasteiger partial charge in [0.15, 0.2) is 0 Å². The summed E-state index contributed by atoms with van der Waals surface area (Å²) in [5, 5.41) is 0. The minimum atomic E-state index is -3.69. The highest BCUT2D eigenvalue weighted by molar-refractivity contribution is 7.92. The average molecular weight is 406 g/mol. The third-order valence-electron chi connectivity index (χ3n) is 4.94. The van der Waals surface area contributed by atoms with Crippen molar-refractivity contribution in [1.29, 1.82) is 0 Å². The summed E-state index contributed by atoms with van der Waals surface area (Å²) in [6.07, 6.45) is 1.78. The molecule has 0 spiro atoms. The molecule has 0 saturated heterocycles. The van der Waals surface area contributed by atoms with Crippen molar-refractivity contribution in [2.45, 2.75) is 32.2 Å². The van der Waals surface area contributed by atoms with E-state index >= 15 is 0 Å². The summed E-state index contributed by atoms with van der Waals surface area (Å²) in [4.78, 5) is 4.78. The van der Waals surface area contributed by atoms with E-state index in [0.29, 0.717) is 17.1 Å². The molecule has 3 aromatic carbocycles. The summed E-state index contributed by atoms with van der Waals surface area (Å²) >= 11 is 0. The predicted molar refractivity (Wildman–Crippen MR) is 117 cm³/mol. The Morgan fingerprint density at radius 3 is 2.31 bits per heavy atom. The normalized spacial score (nSPS) is 11.7. The highest BCUT2D eigenvalue weighted by atomic mass is 32.2. The van der Waals surface area contributed by atoms with Crippen LogP contribution in [0, 0.1) is 20.8 Å². The quantitative estimate of drug-likeness (QED) is 0.518. The van der Waals surface area contributed by atoms with Crippen molar-refractivity contribution in [2.75, 3.05) is 4.72 Å².